The smallest absolute Gasteiger partial charge is 0.281 e. The Labute approximate surface area is 79.9 Å². The molecule has 1 heterocycles. The monoisotopic (exact) mass is 255 g/mol. The third-order valence-corrected chi connectivity index (χ3v) is 2.05. The normalized spacial score (nSPS) is 10.8. The van der Waals surface area contributed by atoms with Gasteiger partial charge in [0.05, 0.1) is 0 Å². The first-order chi connectivity index (χ1) is 6.06. The van der Waals surface area contributed by atoms with E-state index in [0.717, 1.165) is 6.07 Å². The van der Waals surface area contributed by atoms with Crippen LogP contribution in [0.1, 0.15) is 17.7 Å². The molecule has 6 heteroatoms. The first-order valence-electron chi connectivity index (χ1n) is 3.32. The molecule has 0 fully saturated rings. The topological polar surface area (TPSA) is 32.9 Å². The number of hydrogen-bond acceptors (Lipinski definition) is 1. The molecule has 72 valence electrons. The molecule has 1 aromatic heterocycles. The Morgan fingerprint density at radius 2 is 2.15 bits per heavy atom. The molecule has 0 aliphatic heterocycles. The van der Waals surface area contributed by atoms with Crippen LogP contribution in [0, 0.1) is 5.82 Å². The van der Waals surface area contributed by atoms with E-state index in [2.05, 4.69) is 15.9 Å². The van der Waals surface area contributed by atoms with Crippen LogP contribution in [-0.2, 0) is 5.33 Å². The number of H-pyrrole nitrogens is 1. The fraction of sp³-hybridized carbons (Fsp3) is 0.286. The van der Waals surface area contributed by atoms with Crippen molar-refractivity contribution >= 4 is 15.9 Å². The van der Waals surface area contributed by atoms with Gasteiger partial charge in [0.25, 0.3) is 6.43 Å². The van der Waals surface area contributed by atoms with Crippen LogP contribution in [0.5, 0.6) is 0 Å². The number of pyridine rings is 1. The molecule has 1 aromatic rings. The second-order valence-corrected chi connectivity index (χ2v) is 2.88. The van der Waals surface area contributed by atoms with Gasteiger partial charge in [-0.25, -0.2) is 13.2 Å². The van der Waals surface area contributed by atoms with E-state index in [0.29, 0.717) is 0 Å². The molecular formula is C7H5BrF3NO. The van der Waals surface area contributed by atoms with E-state index in [1.54, 1.807) is 4.98 Å². The molecule has 0 saturated carbocycles. The zero-order chi connectivity index (χ0) is 10.0. The summed E-state index contributed by atoms with van der Waals surface area (Å²) in [5.41, 5.74) is -1.76. The Bertz CT molecular complexity index is 363. The highest BCUT2D eigenvalue weighted by molar-refractivity contribution is 9.08. The summed E-state index contributed by atoms with van der Waals surface area (Å²) in [7, 11) is 0. The minimum atomic E-state index is -3.01. The quantitative estimate of drug-likeness (QED) is 0.809. The molecule has 1 N–H and O–H groups in total. The average molecular weight is 256 g/mol. The van der Waals surface area contributed by atoms with Gasteiger partial charge in [-0.1, -0.05) is 15.9 Å². The van der Waals surface area contributed by atoms with Gasteiger partial charge in [-0.15, -0.1) is 0 Å². The van der Waals surface area contributed by atoms with Crippen LogP contribution < -0.4 is 5.56 Å². The largest absolute Gasteiger partial charge is 0.319 e. The minimum absolute atomic E-state index is 0.0302. The lowest BCUT2D eigenvalue weighted by Crippen LogP contribution is -2.12. The molecule has 0 unspecified atom stereocenters. The van der Waals surface area contributed by atoms with E-state index in [9.17, 15) is 18.0 Å². The minimum Gasteiger partial charge on any atom is -0.319 e. The Morgan fingerprint density at radius 3 is 2.62 bits per heavy atom. The molecule has 2 nitrogen and oxygen atoms in total. The highest BCUT2D eigenvalue weighted by Gasteiger charge is 2.17. The van der Waals surface area contributed by atoms with Gasteiger partial charge in [0.15, 0.2) is 5.82 Å². The van der Waals surface area contributed by atoms with Crippen LogP contribution in [-0.4, -0.2) is 4.98 Å². The first-order valence-corrected chi connectivity index (χ1v) is 4.44. The molecule has 0 atom stereocenters. The zero-order valence-electron chi connectivity index (χ0n) is 6.28. The molecule has 0 aliphatic rings. The van der Waals surface area contributed by atoms with Crippen LogP contribution in [0.15, 0.2) is 10.9 Å². The van der Waals surface area contributed by atoms with Crippen LogP contribution in [0.2, 0.25) is 0 Å². The van der Waals surface area contributed by atoms with E-state index >= 15 is 0 Å². The standard InChI is InChI=1S/C7H5BrF3NO/c8-2-3-1-4(13)12-6(5(3)9)7(10)11/h1,7H,2H2,(H,12,13). The lowest BCUT2D eigenvalue weighted by molar-refractivity contribution is 0.140. The lowest BCUT2D eigenvalue weighted by Gasteiger charge is -2.04. The van der Waals surface area contributed by atoms with Crippen molar-refractivity contribution in [3.8, 4) is 0 Å². The lowest BCUT2D eigenvalue weighted by atomic mass is 10.2. The second-order valence-electron chi connectivity index (χ2n) is 2.32. The number of halogens is 4. The Hall–Kier alpha value is -0.780. The molecular weight excluding hydrogens is 251 g/mol. The second kappa shape index (κ2) is 3.95. The summed E-state index contributed by atoms with van der Waals surface area (Å²) in [4.78, 5) is 12.5. The fourth-order valence-corrected chi connectivity index (χ4v) is 1.27. The summed E-state index contributed by atoms with van der Waals surface area (Å²) in [6, 6.07) is 0.940. The molecule has 0 bridgehead atoms. The molecule has 0 aliphatic carbocycles. The van der Waals surface area contributed by atoms with Crippen LogP contribution in [0.4, 0.5) is 13.2 Å². The average Bonchev–Trinajstić information content (AvgIpc) is 2.08. The molecule has 0 aromatic carbocycles. The highest BCUT2D eigenvalue weighted by atomic mass is 79.9. The zero-order valence-corrected chi connectivity index (χ0v) is 7.87. The highest BCUT2D eigenvalue weighted by Crippen LogP contribution is 2.21. The number of nitrogens with one attached hydrogen (secondary N) is 1. The maximum atomic E-state index is 13.0. The summed E-state index contributed by atoms with van der Waals surface area (Å²) >= 11 is 2.89. The van der Waals surface area contributed by atoms with E-state index in [1.165, 1.54) is 0 Å². The SMILES string of the molecule is O=c1cc(CBr)c(F)c(C(F)F)[nH]1. The number of rotatable bonds is 2. The van der Waals surface area contributed by atoms with Crippen LogP contribution in [0.3, 0.4) is 0 Å². The van der Waals surface area contributed by atoms with Crippen molar-refractivity contribution in [3.63, 3.8) is 0 Å². The van der Waals surface area contributed by atoms with Crippen molar-refractivity contribution in [3.05, 3.63) is 33.5 Å². The predicted molar refractivity (Wildman–Crippen MR) is 44.6 cm³/mol. The van der Waals surface area contributed by atoms with Crippen molar-refractivity contribution in [1.82, 2.24) is 4.98 Å². The summed E-state index contributed by atoms with van der Waals surface area (Å²) in [5.74, 6) is -1.06. The number of aromatic amines is 1. The van der Waals surface area contributed by atoms with Gasteiger partial charge in [0.1, 0.15) is 5.69 Å². The van der Waals surface area contributed by atoms with E-state index in [-0.39, 0.29) is 10.9 Å². The van der Waals surface area contributed by atoms with Gasteiger partial charge in [0, 0.05) is 17.0 Å². The van der Waals surface area contributed by atoms with Crippen molar-refractivity contribution in [2.75, 3.05) is 0 Å². The summed E-state index contributed by atoms with van der Waals surface area (Å²) < 4.78 is 37.2. The molecule has 1 rings (SSSR count). The Balaban J connectivity index is 3.36. The van der Waals surface area contributed by atoms with Crippen molar-refractivity contribution in [2.45, 2.75) is 11.8 Å². The number of alkyl halides is 3. The first kappa shape index (κ1) is 10.3. The summed E-state index contributed by atoms with van der Waals surface area (Å²) in [6.07, 6.45) is -3.01. The Kier molecular flexibility index (Phi) is 3.13. The van der Waals surface area contributed by atoms with Gasteiger partial charge in [0.2, 0.25) is 5.56 Å². The molecule has 0 saturated heterocycles. The van der Waals surface area contributed by atoms with Gasteiger partial charge in [-0.05, 0) is 0 Å². The maximum Gasteiger partial charge on any atom is 0.281 e. The van der Waals surface area contributed by atoms with E-state index < -0.39 is 23.5 Å². The van der Waals surface area contributed by atoms with E-state index in [4.69, 9.17) is 0 Å². The summed E-state index contributed by atoms with van der Waals surface area (Å²) in [5, 5.41) is 0.0302. The third-order valence-electron chi connectivity index (χ3n) is 1.44. The molecule has 13 heavy (non-hydrogen) atoms. The predicted octanol–water partition coefficient (Wildman–Crippen LogP) is 2.35. The fourth-order valence-electron chi connectivity index (χ4n) is 0.866. The number of aromatic nitrogens is 1. The third kappa shape index (κ3) is 2.12. The maximum absolute atomic E-state index is 13.0. The number of hydrogen-bond donors (Lipinski definition) is 1. The molecule has 0 spiro atoms. The van der Waals surface area contributed by atoms with Crippen molar-refractivity contribution in [1.29, 1.82) is 0 Å². The van der Waals surface area contributed by atoms with Crippen molar-refractivity contribution < 1.29 is 13.2 Å². The van der Waals surface area contributed by atoms with Gasteiger partial charge in [-0.2, -0.15) is 0 Å². The van der Waals surface area contributed by atoms with E-state index in [1.807, 2.05) is 0 Å². The molecule has 0 radical (unpaired) electrons. The molecule has 0 amide bonds. The summed E-state index contributed by atoms with van der Waals surface area (Å²) in [6.45, 7) is 0. The van der Waals surface area contributed by atoms with Crippen LogP contribution in [0.25, 0.3) is 0 Å². The van der Waals surface area contributed by atoms with Gasteiger partial charge < -0.3 is 4.98 Å². The Morgan fingerprint density at radius 1 is 1.54 bits per heavy atom. The van der Waals surface area contributed by atoms with Crippen molar-refractivity contribution in [2.24, 2.45) is 0 Å². The van der Waals surface area contributed by atoms with Gasteiger partial charge >= 0.3 is 0 Å². The van der Waals surface area contributed by atoms with Gasteiger partial charge in [-0.3, -0.25) is 4.79 Å². The van der Waals surface area contributed by atoms with Crippen LogP contribution >= 0.6 is 15.9 Å².